The molecule has 0 aliphatic carbocycles. The fraction of sp³-hybridized carbons (Fsp3) is 0.294. The molecular formula is C17H20FNO2. The van der Waals surface area contributed by atoms with Gasteiger partial charge < -0.3 is 15.2 Å². The van der Waals surface area contributed by atoms with Gasteiger partial charge in [-0.15, -0.1) is 0 Å². The lowest BCUT2D eigenvalue weighted by atomic mass is 10.1. The molecule has 0 aromatic heterocycles. The zero-order chi connectivity index (χ0) is 15.2. The Balaban J connectivity index is 2.12. The van der Waals surface area contributed by atoms with Crippen LogP contribution in [0.3, 0.4) is 0 Å². The minimum Gasteiger partial charge on any atom is -0.493 e. The standard InChI is InChI=1S/C17H20FNO2/c1-3-12-5-7-16(17(9-12)20-2)21-11-14-6-4-13(10-19)8-15(14)18/h4-9H,3,10-11,19H2,1-2H3. The lowest BCUT2D eigenvalue weighted by Gasteiger charge is -2.12. The molecule has 112 valence electrons. The minimum atomic E-state index is -0.304. The molecule has 0 amide bonds. The molecule has 2 rings (SSSR count). The number of nitrogens with two attached hydrogens (primary N) is 1. The molecule has 0 bridgehead atoms. The average Bonchev–Trinajstić information content (AvgIpc) is 2.53. The molecule has 2 N–H and O–H groups in total. The Bertz CT molecular complexity index is 614. The summed E-state index contributed by atoms with van der Waals surface area (Å²) in [7, 11) is 1.60. The maximum atomic E-state index is 13.9. The molecule has 0 spiro atoms. The van der Waals surface area contributed by atoms with Gasteiger partial charge in [-0.2, -0.15) is 0 Å². The van der Waals surface area contributed by atoms with Crippen molar-refractivity contribution in [3.05, 3.63) is 58.9 Å². The van der Waals surface area contributed by atoms with Crippen molar-refractivity contribution in [2.75, 3.05) is 7.11 Å². The van der Waals surface area contributed by atoms with E-state index in [4.69, 9.17) is 15.2 Å². The predicted octanol–water partition coefficient (Wildman–Crippen LogP) is 3.43. The highest BCUT2D eigenvalue weighted by Gasteiger charge is 2.08. The SMILES string of the molecule is CCc1ccc(OCc2ccc(CN)cc2F)c(OC)c1. The Morgan fingerprint density at radius 1 is 1.05 bits per heavy atom. The third-order valence-electron chi connectivity index (χ3n) is 3.37. The molecule has 4 heteroatoms. The second kappa shape index (κ2) is 7.09. The van der Waals surface area contributed by atoms with E-state index in [0.717, 1.165) is 17.5 Å². The summed E-state index contributed by atoms with van der Waals surface area (Å²) in [6, 6.07) is 10.7. The molecule has 0 saturated carbocycles. The van der Waals surface area contributed by atoms with E-state index in [0.29, 0.717) is 23.6 Å². The molecule has 0 heterocycles. The zero-order valence-corrected chi connectivity index (χ0v) is 12.4. The summed E-state index contributed by atoms with van der Waals surface area (Å²) in [5, 5.41) is 0. The highest BCUT2D eigenvalue weighted by Crippen LogP contribution is 2.29. The number of halogens is 1. The van der Waals surface area contributed by atoms with Crippen LogP contribution >= 0.6 is 0 Å². The molecule has 0 atom stereocenters. The van der Waals surface area contributed by atoms with Crippen molar-refractivity contribution in [1.82, 2.24) is 0 Å². The summed E-state index contributed by atoms with van der Waals surface area (Å²) in [6.45, 7) is 2.55. The van der Waals surface area contributed by atoms with Crippen molar-refractivity contribution in [3.63, 3.8) is 0 Å². The highest BCUT2D eigenvalue weighted by molar-refractivity contribution is 5.43. The van der Waals surface area contributed by atoms with Gasteiger partial charge in [-0.3, -0.25) is 0 Å². The molecule has 0 radical (unpaired) electrons. The van der Waals surface area contributed by atoms with E-state index in [1.54, 1.807) is 19.2 Å². The topological polar surface area (TPSA) is 44.5 Å². The number of methoxy groups -OCH3 is 1. The quantitative estimate of drug-likeness (QED) is 0.886. The van der Waals surface area contributed by atoms with Gasteiger partial charge in [0, 0.05) is 12.1 Å². The van der Waals surface area contributed by atoms with Crippen molar-refractivity contribution >= 4 is 0 Å². The van der Waals surface area contributed by atoms with E-state index < -0.39 is 0 Å². The molecule has 0 aliphatic rings. The number of hydrogen-bond acceptors (Lipinski definition) is 3. The van der Waals surface area contributed by atoms with Crippen molar-refractivity contribution < 1.29 is 13.9 Å². The number of rotatable bonds is 6. The summed E-state index contributed by atoms with van der Waals surface area (Å²) in [4.78, 5) is 0. The van der Waals surface area contributed by atoms with Crippen LogP contribution in [0.2, 0.25) is 0 Å². The summed E-state index contributed by atoms with van der Waals surface area (Å²) in [5.74, 6) is 0.965. The molecule has 0 unspecified atom stereocenters. The number of benzene rings is 2. The van der Waals surface area contributed by atoms with Crippen molar-refractivity contribution in [2.24, 2.45) is 5.73 Å². The van der Waals surface area contributed by atoms with Crippen LogP contribution in [-0.4, -0.2) is 7.11 Å². The fourth-order valence-electron chi connectivity index (χ4n) is 2.04. The summed E-state index contributed by atoms with van der Waals surface area (Å²) < 4.78 is 24.9. The summed E-state index contributed by atoms with van der Waals surface area (Å²) in [5.41, 5.74) is 7.91. The predicted molar refractivity (Wildman–Crippen MR) is 81.0 cm³/mol. The normalized spacial score (nSPS) is 10.5. The van der Waals surface area contributed by atoms with Crippen LogP contribution in [-0.2, 0) is 19.6 Å². The van der Waals surface area contributed by atoms with Crippen molar-refractivity contribution in [1.29, 1.82) is 0 Å². The van der Waals surface area contributed by atoms with Gasteiger partial charge >= 0.3 is 0 Å². The van der Waals surface area contributed by atoms with E-state index in [-0.39, 0.29) is 12.4 Å². The molecule has 2 aromatic carbocycles. The van der Waals surface area contributed by atoms with Gasteiger partial charge in [0.15, 0.2) is 11.5 Å². The highest BCUT2D eigenvalue weighted by atomic mass is 19.1. The first-order valence-corrected chi connectivity index (χ1v) is 6.95. The lowest BCUT2D eigenvalue weighted by molar-refractivity contribution is 0.279. The van der Waals surface area contributed by atoms with E-state index in [2.05, 4.69) is 6.92 Å². The zero-order valence-electron chi connectivity index (χ0n) is 12.4. The molecule has 0 fully saturated rings. The van der Waals surface area contributed by atoms with Gasteiger partial charge in [0.2, 0.25) is 0 Å². The smallest absolute Gasteiger partial charge is 0.161 e. The summed E-state index contributed by atoms with van der Waals surface area (Å²) >= 11 is 0. The Labute approximate surface area is 124 Å². The second-order valence-electron chi connectivity index (χ2n) is 4.76. The average molecular weight is 289 g/mol. The molecule has 0 saturated heterocycles. The van der Waals surface area contributed by atoms with E-state index in [1.807, 2.05) is 18.2 Å². The van der Waals surface area contributed by atoms with Crippen LogP contribution in [0.15, 0.2) is 36.4 Å². The molecular weight excluding hydrogens is 269 g/mol. The Morgan fingerprint density at radius 2 is 1.81 bits per heavy atom. The maximum Gasteiger partial charge on any atom is 0.161 e. The second-order valence-corrected chi connectivity index (χ2v) is 4.76. The Morgan fingerprint density at radius 3 is 2.43 bits per heavy atom. The molecule has 3 nitrogen and oxygen atoms in total. The fourth-order valence-corrected chi connectivity index (χ4v) is 2.04. The van der Waals surface area contributed by atoms with E-state index >= 15 is 0 Å². The van der Waals surface area contributed by atoms with Gasteiger partial charge in [-0.05, 0) is 35.7 Å². The van der Waals surface area contributed by atoms with E-state index in [1.165, 1.54) is 6.07 Å². The first-order valence-electron chi connectivity index (χ1n) is 6.95. The molecule has 0 aliphatic heterocycles. The van der Waals surface area contributed by atoms with Crippen LogP contribution in [0.25, 0.3) is 0 Å². The Kier molecular flexibility index (Phi) is 5.17. The largest absolute Gasteiger partial charge is 0.493 e. The third-order valence-corrected chi connectivity index (χ3v) is 3.37. The van der Waals surface area contributed by atoms with Crippen LogP contribution in [0, 0.1) is 5.82 Å². The number of ether oxygens (including phenoxy) is 2. The van der Waals surface area contributed by atoms with Crippen LogP contribution in [0.1, 0.15) is 23.6 Å². The van der Waals surface area contributed by atoms with Gasteiger partial charge in [-0.25, -0.2) is 4.39 Å². The monoisotopic (exact) mass is 289 g/mol. The first-order chi connectivity index (χ1) is 10.2. The maximum absolute atomic E-state index is 13.9. The first kappa shape index (κ1) is 15.3. The van der Waals surface area contributed by atoms with Crippen LogP contribution in [0.5, 0.6) is 11.5 Å². The number of aryl methyl sites for hydroxylation is 1. The summed E-state index contributed by atoms with van der Waals surface area (Å²) in [6.07, 6.45) is 0.922. The third kappa shape index (κ3) is 3.73. The van der Waals surface area contributed by atoms with E-state index in [9.17, 15) is 4.39 Å². The minimum absolute atomic E-state index is 0.151. The lowest BCUT2D eigenvalue weighted by Crippen LogP contribution is -2.03. The molecule has 2 aromatic rings. The van der Waals surface area contributed by atoms with Gasteiger partial charge in [0.25, 0.3) is 0 Å². The van der Waals surface area contributed by atoms with Crippen LogP contribution < -0.4 is 15.2 Å². The van der Waals surface area contributed by atoms with Gasteiger partial charge in [0.1, 0.15) is 12.4 Å². The molecule has 21 heavy (non-hydrogen) atoms. The van der Waals surface area contributed by atoms with Crippen LogP contribution in [0.4, 0.5) is 4.39 Å². The van der Waals surface area contributed by atoms with Gasteiger partial charge in [0.05, 0.1) is 7.11 Å². The Hall–Kier alpha value is -2.07. The van der Waals surface area contributed by atoms with Crippen molar-refractivity contribution in [2.45, 2.75) is 26.5 Å². The van der Waals surface area contributed by atoms with Gasteiger partial charge in [-0.1, -0.05) is 25.1 Å². The van der Waals surface area contributed by atoms with Crippen molar-refractivity contribution in [3.8, 4) is 11.5 Å². The number of hydrogen-bond donors (Lipinski definition) is 1.